The van der Waals surface area contributed by atoms with E-state index in [-0.39, 0.29) is 0 Å². The van der Waals surface area contributed by atoms with Crippen LogP contribution >= 0.6 is 11.8 Å². The van der Waals surface area contributed by atoms with Crippen molar-refractivity contribution in [3.8, 4) is 11.6 Å². The largest absolute Gasteiger partial charge is 0.332 e. The first kappa shape index (κ1) is 13.3. The number of nitrogens with one attached hydrogen (secondary N) is 1. The number of hydrogen-bond acceptors (Lipinski definition) is 7. The fourth-order valence-electron chi connectivity index (χ4n) is 2.68. The Hall–Kier alpha value is -1.41. The van der Waals surface area contributed by atoms with Gasteiger partial charge in [-0.15, -0.1) is 5.10 Å². The van der Waals surface area contributed by atoms with Crippen molar-refractivity contribution in [1.82, 2.24) is 30.5 Å². The van der Waals surface area contributed by atoms with E-state index in [0.717, 1.165) is 29.9 Å². The molecule has 0 amide bonds. The predicted molar refractivity (Wildman–Crippen MR) is 78.8 cm³/mol. The molecule has 0 radical (unpaired) electrons. The van der Waals surface area contributed by atoms with Crippen molar-refractivity contribution < 1.29 is 4.52 Å². The first-order valence-corrected chi connectivity index (χ1v) is 8.50. The van der Waals surface area contributed by atoms with Gasteiger partial charge in [-0.3, -0.25) is 0 Å². The van der Waals surface area contributed by atoms with Gasteiger partial charge in [-0.25, -0.2) is 4.68 Å². The minimum absolute atomic E-state index is 0.395. The van der Waals surface area contributed by atoms with Crippen LogP contribution in [0.3, 0.4) is 0 Å². The molecule has 7 nitrogen and oxygen atoms in total. The monoisotopic (exact) mass is 306 g/mol. The highest BCUT2D eigenvalue weighted by molar-refractivity contribution is 7.99. The Morgan fingerprint density at radius 3 is 2.95 bits per heavy atom. The van der Waals surface area contributed by atoms with Crippen molar-refractivity contribution >= 4 is 11.8 Å². The highest BCUT2D eigenvalue weighted by Gasteiger charge is 2.22. The number of aromatic nitrogens is 5. The topological polar surface area (TPSA) is 81.7 Å². The lowest BCUT2D eigenvalue weighted by molar-refractivity contribution is 0.313. The van der Waals surface area contributed by atoms with Crippen molar-refractivity contribution in [2.75, 3.05) is 13.1 Å². The smallest absolute Gasteiger partial charge is 0.280 e. The fraction of sp³-hybridized carbons (Fsp3) is 0.692. The summed E-state index contributed by atoms with van der Waals surface area (Å²) in [6.45, 7) is 1.88. The van der Waals surface area contributed by atoms with Crippen molar-refractivity contribution in [2.45, 2.75) is 42.7 Å². The lowest BCUT2D eigenvalue weighted by Crippen LogP contribution is -2.43. The van der Waals surface area contributed by atoms with Crippen LogP contribution in [0.15, 0.2) is 10.7 Å². The maximum absolute atomic E-state index is 5.30. The van der Waals surface area contributed by atoms with Crippen LogP contribution in [-0.2, 0) is 5.75 Å². The third-order valence-electron chi connectivity index (χ3n) is 4.08. The van der Waals surface area contributed by atoms with E-state index in [1.807, 2.05) is 22.6 Å². The minimum Gasteiger partial charge on any atom is -0.332 e. The van der Waals surface area contributed by atoms with Crippen LogP contribution < -0.4 is 5.32 Å². The van der Waals surface area contributed by atoms with Crippen LogP contribution in [-0.4, -0.2) is 43.5 Å². The summed E-state index contributed by atoms with van der Waals surface area (Å²) < 4.78 is 7.17. The molecule has 0 unspecified atom stereocenters. The quantitative estimate of drug-likeness (QED) is 0.899. The maximum Gasteiger partial charge on any atom is 0.280 e. The van der Waals surface area contributed by atoms with Gasteiger partial charge in [0.05, 0.1) is 18.0 Å². The van der Waals surface area contributed by atoms with E-state index in [4.69, 9.17) is 4.52 Å². The van der Waals surface area contributed by atoms with Gasteiger partial charge in [-0.05, 0) is 12.8 Å². The summed E-state index contributed by atoms with van der Waals surface area (Å²) in [6.07, 6.45) is 7.23. The summed E-state index contributed by atoms with van der Waals surface area (Å²) in [5.41, 5.74) is 0.659. The van der Waals surface area contributed by atoms with Gasteiger partial charge in [0, 0.05) is 18.3 Å². The Bertz CT molecular complexity index is 601. The van der Waals surface area contributed by atoms with Crippen LogP contribution in [0.2, 0.25) is 0 Å². The van der Waals surface area contributed by atoms with E-state index >= 15 is 0 Å². The van der Waals surface area contributed by atoms with Crippen LogP contribution in [0.25, 0.3) is 11.6 Å². The third kappa shape index (κ3) is 2.82. The fourth-order valence-corrected chi connectivity index (χ4v) is 3.85. The zero-order chi connectivity index (χ0) is 14.1. The molecule has 2 aromatic rings. The molecule has 0 spiro atoms. The summed E-state index contributed by atoms with van der Waals surface area (Å²) in [5, 5.41) is 16.3. The first-order chi connectivity index (χ1) is 10.4. The Morgan fingerprint density at radius 1 is 1.33 bits per heavy atom. The molecule has 4 rings (SSSR count). The van der Waals surface area contributed by atoms with Gasteiger partial charge in [-0.1, -0.05) is 23.2 Å². The molecule has 0 bridgehead atoms. The SMILES string of the molecule is c1c(-c2nc(CSC3CCCC3)no2)nnn1C1CNC1. The molecule has 8 heteroatoms. The van der Waals surface area contributed by atoms with E-state index in [0.29, 0.717) is 17.6 Å². The molecule has 21 heavy (non-hydrogen) atoms. The summed E-state index contributed by atoms with van der Waals surface area (Å²) in [7, 11) is 0. The summed E-state index contributed by atoms with van der Waals surface area (Å²) in [4.78, 5) is 4.43. The molecule has 1 N–H and O–H groups in total. The standard InChI is InChI=1S/C13H18N6OS/c1-2-4-10(3-1)21-8-12-15-13(20-17-12)11-7-19(18-16-11)9-5-14-6-9/h7,9-10,14H,1-6,8H2. The van der Waals surface area contributed by atoms with E-state index in [1.54, 1.807) is 0 Å². The van der Waals surface area contributed by atoms with E-state index < -0.39 is 0 Å². The van der Waals surface area contributed by atoms with Crippen LogP contribution in [0.5, 0.6) is 0 Å². The molecule has 1 saturated carbocycles. The molecule has 112 valence electrons. The molecule has 1 saturated heterocycles. The Labute approximate surface area is 126 Å². The molecule has 0 aromatic carbocycles. The van der Waals surface area contributed by atoms with E-state index in [2.05, 4.69) is 25.8 Å². The molecule has 1 aliphatic carbocycles. The number of thioether (sulfide) groups is 1. The van der Waals surface area contributed by atoms with Gasteiger partial charge >= 0.3 is 0 Å². The predicted octanol–water partition coefficient (Wildman–Crippen LogP) is 1.65. The summed E-state index contributed by atoms with van der Waals surface area (Å²) in [5.74, 6) is 2.03. The van der Waals surface area contributed by atoms with Gasteiger partial charge in [0.2, 0.25) is 0 Å². The highest BCUT2D eigenvalue weighted by atomic mass is 32.2. The molecule has 2 fully saturated rings. The van der Waals surface area contributed by atoms with Crippen molar-refractivity contribution in [3.05, 3.63) is 12.0 Å². The molecule has 0 atom stereocenters. The number of nitrogens with zero attached hydrogens (tertiary/aromatic N) is 5. The van der Waals surface area contributed by atoms with Gasteiger partial charge in [0.25, 0.3) is 5.89 Å². The van der Waals surface area contributed by atoms with Gasteiger partial charge in [0.15, 0.2) is 11.5 Å². The zero-order valence-corrected chi connectivity index (χ0v) is 12.6. The van der Waals surface area contributed by atoms with Gasteiger partial charge in [-0.2, -0.15) is 16.7 Å². The first-order valence-electron chi connectivity index (χ1n) is 7.45. The number of rotatable bonds is 5. The second-order valence-corrected chi connectivity index (χ2v) is 6.92. The number of hydrogen-bond donors (Lipinski definition) is 1. The Kier molecular flexibility index (Phi) is 3.64. The summed E-state index contributed by atoms with van der Waals surface area (Å²) in [6, 6.07) is 0.395. The zero-order valence-electron chi connectivity index (χ0n) is 11.7. The van der Waals surface area contributed by atoms with Crippen molar-refractivity contribution in [1.29, 1.82) is 0 Å². The molecule has 2 aromatic heterocycles. The molecule has 2 aliphatic rings. The average Bonchev–Trinajstić information content (AvgIpc) is 3.16. The van der Waals surface area contributed by atoms with Gasteiger partial charge < -0.3 is 9.84 Å². The molecule has 3 heterocycles. The van der Waals surface area contributed by atoms with Gasteiger partial charge in [0.1, 0.15) is 0 Å². The Morgan fingerprint density at radius 2 is 2.19 bits per heavy atom. The van der Waals surface area contributed by atoms with Crippen molar-refractivity contribution in [3.63, 3.8) is 0 Å². The molecular formula is C13H18N6OS. The third-order valence-corrected chi connectivity index (χ3v) is 5.45. The lowest BCUT2D eigenvalue weighted by atomic mass is 10.2. The van der Waals surface area contributed by atoms with Crippen LogP contribution in [0, 0.1) is 0 Å². The Balaban J connectivity index is 1.40. The minimum atomic E-state index is 0.395. The van der Waals surface area contributed by atoms with Crippen LogP contribution in [0.4, 0.5) is 0 Å². The second kappa shape index (κ2) is 5.76. The van der Waals surface area contributed by atoms with E-state index in [1.165, 1.54) is 25.7 Å². The summed E-state index contributed by atoms with van der Waals surface area (Å²) >= 11 is 1.93. The van der Waals surface area contributed by atoms with E-state index in [9.17, 15) is 0 Å². The highest BCUT2D eigenvalue weighted by Crippen LogP contribution is 2.31. The second-order valence-electron chi connectivity index (χ2n) is 5.63. The lowest BCUT2D eigenvalue weighted by Gasteiger charge is -2.26. The molecule has 1 aliphatic heterocycles. The normalized spacial score (nSPS) is 20.0. The average molecular weight is 306 g/mol. The van der Waals surface area contributed by atoms with Crippen LogP contribution in [0.1, 0.15) is 37.5 Å². The molecular weight excluding hydrogens is 288 g/mol. The van der Waals surface area contributed by atoms with Crippen molar-refractivity contribution in [2.24, 2.45) is 0 Å². The maximum atomic E-state index is 5.30.